The average molecular weight is 399 g/mol. The summed E-state index contributed by atoms with van der Waals surface area (Å²) in [5.41, 5.74) is -0.132. The van der Waals surface area contributed by atoms with E-state index in [0.29, 0.717) is 18.1 Å². The zero-order valence-corrected chi connectivity index (χ0v) is 16.8. The minimum absolute atomic E-state index is 0.181. The van der Waals surface area contributed by atoms with Gasteiger partial charge < -0.3 is 14.5 Å². The van der Waals surface area contributed by atoms with Gasteiger partial charge in [0.05, 0.1) is 6.20 Å². The second kappa shape index (κ2) is 8.46. The Balaban J connectivity index is 1.54. The first kappa shape index (κ1) is 20.6. The highest BCUT2D eigenvalue weighted by molar-refractivity contribution is 6.08. The van der Waals surface area contributed by atoms with Crippen LogP contribution in [0.2, 0.25) is 0 Å². The molecule has 29 heavy (non-hydrogen) atoms. The first-order chi connectivity index (χ1) is 13.8. The smallest absolute Gasteiger partial charge is 0.326 e. The van der Waals surface area contributed by atoms with Crippen LogP contribution in [0.15, 0.2) is 40.9 Å². The van der Waals surface area contributed by atoms with Crippen molar-refractivity contribution in [3.05, 3.63) is 42.4 Å². The number of carbonyl (C=O) groups excluding carboxylic acids is 3. The van der Waals surface area contributed by atoms with Gasteiger partial charge in [0.1, 0.15) is 12.1 Å². The van der Waals surface area contributed by atoms with Gasteiger partial charge in [0.15, 0.2) is 12.4 Å². The van der Waals surface area contributed by atoms with Gasteiger partial charge in [-0.1, -0.05) is 44.2 Å². The SMILES string of the molecule is CC(C)CC[C@@]1(C)NC(=O)N(CC(=O)OCc2ncc(-c3ccccc3)o2)C1=O. The number of urea groups is 1. The van der Waals surface area contributed by atoms with Gasteiger partial charge in [-0.3, -0.25) is 14.5 Å². The average Bonchev–Trinajstić information content (AvgIpc) is 3.25. The molecule has 2 heterocycles. The quantitative estimate of drug-likeness (QED) is 0.540. The second-order valence-corrected chi connectivity index (χ2v) is 7.73. The van der Waals surface area contributed by atoms with E-state index in [1.54, 1.807) is 13.1 Å². The zero-order chi connectivity index (χ0) is 21.0. The highest BCUT2D eigenvalue weighted by Crippen LogP contribution is 2.25. The number of imide groups is 1. The summed E-state index contributed by atoms with van der Waals surface area (Å²) < 4.78 is 10.7. The number of esters is 1. The lowest BCUT2D eigenvalue weighted by molar-refractivity contribution is -0.149. The third-order valence-electron chi connectivity index (χ3n) is 4.82. The molecule has 1 atom stereocenters. The zero-order valence-electron chi connectivity index (χ0n) is 16.8. The summed E-state index contributed by atoms with van der Waals surface area (Å²) in [4.78, 5) is 41.9. The molecule has 3 rings (SSSR count). The first-order valence-electron chi connectivity index (χ1n) is 9.58. The minimum Gasteiger partial charge on any atom is -0.454 e. The van der Waals surface area contributed by atoms with Gasteiger partial charge >= 0.3 is 12.0 Å². The maximum Gasteiger partial charge on any atom is 0.326 e. The molecule has 1 aliphatic rings. The third-order valence-corrected chi connectivity index (χ3v) is 4.82. The lowest BCUT2D eigenvalue weighted by Gasteiger charge is -2.22. The summed E-state index contributed by atoms with van der Waals surface area (Å²) in [6, 6.07) is 8.83. The van der Waals surface area contributed by atoms with Gasteiger partial charge in [0.25, 0.3) is 5.91 Å². The van der Waals surface area contributed by atoms with E-state index in [1.165, 1.54) is 0 Å². The van der Waals surface area contributed by atoms with Gasteiger partial charge in [-0.15, -0.1) is 0 Å². The topological polar surface area (TPSA) is 102 Å². The molecule has 0 bridgehead atoms. The fourth-order valence-corrected chi connectivity index (χ4v) is 3.07. The Bertz CT molecular complexity index is 893. The molecule has 1 aromatic carbocycles. The summed E-state index contributed by atoms with van der Waals surface area (Å²) >= 11 is 0. The Hall–Kier alpha value is -3.16. The van der Waals surface area contributed by atoms with Gasteiger partial charge in [0.2, 0.25) is 5.89 Å². The van der Waals surface area contributed by atoms with Crippen molar-refractivity contribution in [3.63, 3.8) is 0 Å². The molecule has 2 aromatic rings. The van der Waals surface area contributed by atoms with E-state index in [9.17, 15) is 14.4 Å². The van der Waals surface area contributed by atoms with Crippen LogP contribution >= 0.6 is 0 Å². The summed E-state index contributed by atoms with van der Waals surface area (Å²) in [6.45, 7) is 5.14. The number of oxazole rings is 1. The molecule has 0 aliphatic carbocycles. The van der Waals surface area contributed by atoms with E-state index >= 15 is 0 Å². The number of nitrogens with zero attached hydrogens (tertiary/aromatic N) is 2. The molecular weight excluding hydrogens is 374 g/mol. The van der Waals surface area contributed by atoms with Crippen LogP contribution in [0.5, 0.6) is 0 Å². The van der Waals surface area contributed by atoms with Crippen molar-refractivity contribution >= 4 is 17.9 Å². The monoisotopic (exact) mass is 399 g/mol. The van der Waals surface area contributed by atoms with Crippen LogP contribution in [0.25, 0.3) is 11.3 Å². The van der Waals surface area contributed by atoms with Gasteiger partial charge in [-0.05, 0) is 25.7 Å². The van der Waals surface area contributed by atoms with Crippen molar-refractivity contribution in [2.24, 2.45) is 5.92 Å². The Morgan fingerprint density at radius 2 is 2.00 bits per heavy atom. The van der Waals surface area contributed by atoms with Crippen LogP contribution in [0.1, 0.15) is 39.5 Å². The molecule has 8 heteroatoms. The minimum atomic E-state index is -0.991. The largest absolute Gasteiger partial charge is 0.454 e. The standard InChI is InChI=1S/C21H25N3O5/c1-14(2)9-10-21(3)19(26)24(20(27)23-21)12-18(25)28-13-17-22-11-16(29-17)15-7-5-4-6-8-15/h4-8,11,14H,9-10,12-13H2,1-3H3,(H,23,27)/t21-/m1/s1. The maximum atomic E-state index is 12.6. The Morgan fingerprint density at radius 3 is 2.69 bits per heavy atom. The fourth-order valence-electron chi connectivity index (χ4n) is 3.07. The van der Waals surface area contributed by atoms with E-state index < -0.39 is 30.0 Å². The molecule has 0 unspecified atom stereocenters. The van der Waals surface area contributed by atoms with Crippen LogP contribution < -0.4 is 5.32 Å². The summed E-state index contributed by atoms with van der Waals surface area (Å²) in [7, 11) is 0. The molecular formula is C21H25N3O5. The number of carbonyl (C=O) groups is 3. The van der Waals surface area contributed by atoms with Gasteiger partial charge in [0, 0.05) is 5.56 Å². The number of aromatic nitrogens is 1. The molecule has 0 saturated carbocycles. The van der Waals surface area contributed by atoms with Crippen LogP contribution in [0, 0.1) is 5.92 Å². The Kier molecular flexibility index (Phi) is 6.00. The normalized spacial score (nSPS) is 19.0. The Morgan fingerprint density at radius 1 is 1.28 bits per heavy atom. The Labute approximate surface area is 169 Å². The van der Waals surface area contributed by atoms with E-state index in [-0.39, 0.29) is 12.5 Å². The molecule has 154 valence electrons. The van der Waals surface area contributed by atoms with Crippen LogP contribution in [0.4, 0.5) is 4.79 Å². The number of hydrogen-bond acceptors (Lipinski definition) is 6. The molecule has 1 fully saturated rings. The van der Waals surface area contributed by atoms with E-state index in [2.05, 4.69) is 10.3 Å². The van der Waals surface area contributed by atoms with Crippen molar-refractivity contribution in [2.75, 3.05) is 6.54 Å². The maximum absolute atomic E-state index is 12.6. The molecule has 0 spiro atoms. The summed E-state index contributed by atoms with van der Waals surface area (Å²) in [6.07, 6.45) is 2.85. The second-order valence-electron chi connectivity index (χ2n) is 7.73. The number of benzene rings is 1. The van der Waals surface area contributed by atoms with Crippen LogP contribution in [-0.2, 0) is 20.9 Å². The van der Waals surface area contributed by atoms with Crippen molar-refractivity contribution in [1.82, 2.24) is 15.2 Å². The van der Waals surface area contributed by atoms with Crippen LogP contribution in [0.3, 0.4) is 0 Å². The molecule has 1 aliphatic heterocycles. The van der Waals surface area contributed by atoms with Crippen molar-refractivity contribution in [3.8, 4) is 11.3 Å². The molecule has 1 aromatic heterocycles. The molecule has 3 amide bonds. The van der Waals surface area contributed by atoms with Crippen molar-refractivity contribution in [1.29, 1.82) is 0 Å². The number of rotatable bonds is 8. The lowest BCUT2D eigenvalue weighted by Crippen LogP contribution is -2.44. The van der Waals surface area contributed by atoms with Gasteiger partial charge in [-0.2, -0.15) is 0 Å². The van der Waals surface area contributed by atoms with Crippen molar-refractivity contribution in [2.45, 2.75) is 45.8 Å². The number of nitrogens with one attached hydrogen (secondary N) is 1. The summed E-state index contributed by atoms with van der Waals surface area (Å²) in [5.74, 6) is 0.0728. The fraction of sp³-hybridized carbons (Fsp3) is 0.429. The van der Waals surface area contributed by atoms with E-state index in [1.807, 2.05) is 44.2 Å². The van der Waals surface area contributed by atoms with Crippen LogP contribution in [-0.4, -0.2) is 39.9 Å². The van der Waals surface area contributed by atoms with E-state index in [0.717, 1.165) is 16.9 Å². The highest BCUT2D eigenvalue weighted by Gasteiger charge is 2.48. The summed E-state index contributed by atoms with van der Waals surface area (Å²) in [5, 5.41) is 2.68. The lowest BCUT2D eigenvalue weighted by atomic mass is 9.92. The molecule has 8 nitrogen and oxygen atoms in total. The molecule has 1 saturated heterocycles. The molecule has 1 N–H and O–H groups in total. The predicted octanol–water partition coefficient (Wildman–Crippen LogP) is 3.13. The highest BCUT2D eigenvalue weighted by atomic mass is 16.5. The number of hydrogen-bond donors (Lipinski definition) is 1. The molecule has 0 radical (unpaired) electrons. The van der Waals surface area contributed by atoms with Gasteiger partial charge in [-0.25, -0.2) is 9.78 Å². The number of amides is 3. The van der Waals surface area contributed by atoms with Crippen molar-refractivity contribution < 1.29 is 23.5 Å². The first-order valence-corrected chi connectivity index (χ1v) is 9.58. The number of ether oxygens (including phenoxy) is 1. The van der Waals surface area contributed by atoms with E-state index in [4.69, 9.17) is 9.15 Å². The third kappa shape index (κ3) is 4.82. The predicted molar refractivity (Wildman–Crippen MR) is 104 cm³/mol.